The Labute approximate surface area is 206 Å². The lowest BCUT2D eigenvalue weighted by molar-refractivity contribution is -0.117. The molecule has 186 valence electrons. The van der Waals surface area contributed by atoms with E-state index in [-0.39, 0.29) is 30.7 Å². The van der Waals surface area contributed by atoms with Crippen LogP contribution in [0.5, 0.6) is 5.75 Å². The number of nitrogens with zero attached hydrogens (tertiary/aromatic N) is 2. The zero-order valence-corrected chi connectivity index (χ0v) is 20.7. The Morgan fingerprint density at radius 3 is 2.60 bits per heavy atom. The molecule has 2 amide bonds. The molecule has 2 aromatic carbocycles. The Balaban J connectivity index is 1.60. The van der Waals surface area contributed by atoms with Crippen molar-refractivity contribution in [3.63, 3.8) is 0 Å². The number of anilines is 1. The van der Waals surface area contributed by atoms with E-state index in [0.717, 1.165) is 15.4 Å². The predicted octanol–water partition coefficient (Wildman–Crippen LogP) is 3.94. The predicted molar refractivity (Wildman–Crippen MR) is 131 cm³/mol. The molecule has 0 saturated carbocycles. The highest BCUT2D eigenvalue weighted by atomic mass is 32.2. The lowest BCUT2D eigenvalue weighted by Gasteiger charge is -2.24. The van der Waals surface area contributed by atoms with Crippen LogP contribution in [0.25, 0.3) is 6.08 Å². The smallest absolute Gasteiger partial charge is 0.410 e. The average Bonchev–Trinajstić information content (AvgIpc) is 3.37. The van der Waals surface area contributed by atoms with Crippen molar-refractivity contribution in [3.05, 3.63) is 65.0 Å². The number of hydrogen-bond acceptors (Lipinski definition) is 5. The minimum absolute atomic E-state index is 0.0402. The molecular weight excluding hydrogens is 473 g/mol. The molecule has 0 bridgehead atoms. The summed E-state index contributed by atoms with van der Waals surface area (Å²) in [4.78, 5) is 25.7. The van der Waals surface area contributed by atoms with Crippen LogP contribution < -0.4 is 13.8 Å². The largest absolute Gasteiger partial charge is 0.487 e. The Kier molecular flexibility index (Phi) is 7.11. The zero-order valence-electron chi connectivity index (χ0n) is 19.9. The van der Waals surface area contributed by atoms with E-state index in [2.05, 4.69) is 4.72 Å². The maximum Gasteiger partial charge on any atom is 0.410 e. The van der Waals surface area contributed by atoms with Gasteiger partial charge in [0.05, 0.1) is 0 Å². The molecule has 0 aliphatic carbocycles. The Hall–Kier alpha value is -3.40. The number of nitrogens with one attached hydrogen (secondary N) is 1. The first-order valence-corrected chi connectivity index (χ1v) is 12.4. The highest BCUT2D eigenvalue weighted by Gasteiger charge is 2.32. The van der Waals surface area contributed by atoms with E-state index < -0.39 is 28.5 Å². The summed E-state index contributed by atoms with van der Waals surface area (Å²) >= 11 is -1.90. The van der Waals surface area contributed by atoms with Crippen molar-refractivity contribution >= 4 is 34.9 Å². The summed E-state index contributed by atoms with van der Waals surface area (Å²) in [5.41, 5.74) is 1.74. The Bertz CT molecular complexity index is 1180. The standard InChI is InChI=1S/C25H28FN3O5S/c1-25(2,3)34-24(31)28-10-9-18(14-28)11-19-12-20(26)23(29-15-22(30)27-35(29)32)21(13-19)33-16-17-7-5-4-6-8-17/h4-8,11-13H,9-10,14-16H2,1-3H3,(H,27,30)/b18-11-. The second-order valence-electron chi connectivity index (χ2n) is 9.39. The maximum atomic E-state index is 15.3. The molecule has 35 heavy (non-hydrogen) atoms. The van der Waals surface area contributed by atoms with Gasteiger partial charge in [-0.05, 0) is 56.0 Å². The molecule has 1 unspecified atom stereocenters. The van der Waals surface area contributed by atoms with Crippen LogP contribution in [0.2, 0.25) is 0 Å². The van der Waals surface area contributed by atoms with Gasteiger partial charge in [0.1, 0.15) is 30.2 Å². The van der Waals surface area contributed by atoms with Gasteiger partial charge in [-0.3, -0.25) is 13.8 Å². The van der Waals surface area contributed by atoms with Gasteiger partial charge in [0.25, 0.3) is 5.91 Å². The number of rotatable bonds is 5. The van der Waals surface area contributed by atoms with Crippen LogP contribution in [-0.2, 0) is 27.3 Å². The third kappa shape index (κ3) is 6.19. The molecule has 2 fully saturated rings. The summed E-state index contributed by atoms with van der Waals surface area (Å²) in [6.45, 7) is 6.27. The number of halogens is 1. The fraction of sp³-hybridized carbons (Fsp3) is 0.360. The summed E-state index contributed by atoms with van der Waals surface area (Å²) < 4.78 is 42.5. The molecule has 1 atom stereocenters. The van der Waals surface area contributed by atoms with E-state index in [9.17, 15) is 13.8 Å². The van der Waals surface area contributed by atoms with Crippen LogP contribution in [0.15, 0.2) is 48.0 Å². The molecule has 2 aromatic rings. The summed E-state index contributed by atoms with van der Waals surface area (Å²) in [5.74, 6) is -0.946. The monoisotopic (exact) mass is 501 g/mol. The van der Waals surface area contributed by atoms with Crippen molar-refractivity contribution in [2.75, 3.05) is 23.9 Å². The highest BCUT2D eigenvalue weighted by Crippen LogP contribution is 2.36. The highest BCUT2D eigenvalue weighted by molar-refractivity contribution is 7.85. The molecule has 2 saturated heterocycles. The SMILES string of the molecule is CC(C)(C)OC(=O)N1CC/C(=C/c2cc(F)c(N3CC(=O)NS3=O)c(OCc3ccccc3)c2)C1. The van der Waals surface area contributed by atoms with Gasteiger partial charge in [-0.15, -0.1) is 0 Å². The molecule has 1 N–H and O–H groups in total. The molecule has 2 aliphatic rings. The summed E-state index contributed by atoms with van der Waals surface area (Å²) in [6.07, 6.45) is 2.07. The van der Waals surface area contributed by atoms with Crippen LogP contribution in [0, 0.1) is 5.82 Å². The second-order valence-corrected chi connectivity index (χ2v) is 10.5. The van der Waals surface area contributed by atoms with Crippen molar-refractivity contribution in [2.24, 2.45) is 0 Å². The van der Waals surface area contributed by atoms with Crippen molar-refractivity contribution in [3.8, 4) is 5.75 Å². The number of benzene rings is 2. The summed E-state index contributed by atoms with van der Waals surface area (Å²) in [6, 6.07) is 12.4. The zero-order chi connectivity index (χ0) is 25.2. The number of carbonyl (C=O) groups is 2. The van der Waals surface area contributed by atoms with Crippen LogP contribution >= 0.6 is 0 Å². The van der Waals surface area contributed by atoms with E-state index in [1.165, 1.54) is 6.07 Å². The fourth-order valence-electron chi connectivity index (χ4n) is 3.82. The van der Waals surface area contributed by atoms with Gasteiger partial charge in [0, 0.05) is 13.1 Å². The maximum absolute atomic E-state index is 15.3. The van der Waals surface area contributed by atoms with Gasteiger partial charge in [-0.1, -0.05) is 36.4 Å². The molecule has 0 spiro atoms. The van der Waals surface area contributed by atoms with Gasteiger partial charge in [0.2, 0.25) is 11.2 Å². The van der Waals surface area contributed by atoms with Crippen molar-refractivity contribution in [1.29, 1.82) is 0 Å². The molecule has 2 heterocycles. The quantitative estimate of drug-likeness (QED) is 0.671. The normalized spacial score (nSPS) is 19.3. The number of carbonyl (C=O) groups excluding carboxylic acids is 2. The first kappa shape index (κ1) is 24.7. The lowest BCUT2D eigenvalue weighted by Crippen LogP contribution is -2.34. The first-order valence-electron chi connectivity index (χ1n) is 11.3. The van der Waals surface area contributed by atoms with Crippen LogP contribution in [0.1, 0.15) is 38.3 Å². The summed E-state index contributed by atoms with van der Waals surface area (Å²) in [5, 5.41) is 0. The minimum Gasteiger partial charge on any atom is -0.487 e. The molecule has 0 radical (unpaired) electrons. The van der Waals surface area contributed by atoms with E-state index in [0.29, 0.717) is 25.1 Å². The van der Waals surface area contributed by atoms with Gasteiger partial charge >= 0.3 is 6.09 Å². The molecular formula is C25H28FN3O5S. The van der Waals surface area contributed by atoms with E-state index in [4.69, 9.17) is 9.47 Å². The third-order valence-corrected chi connectivity index (χ3v) is 6.46. The first-order chi connectivity index (χ1) is 16.6. The average molecular weight is 502 g/mol. The van der Waals surface area contributed by atoms with Crippen molar-refractivity contribution in [1.82, 2.24) is 9.62 Å². The summed E-state index contributed by atoms with van der Waals surface area (Å²) in [7, 11) is 0. The van der Waals surface area contributed by atoms with Gasteiger partial charge in [-0.25, -0.2) is 13.4 Å². The van der Waals surface area contributed by atoms with E-state index >= 15 is 4.39 Å². The second kappa shape index (κ2) is 10.1. The molecule has 10 heteroatoms. The Morgan fingerprint density at radius 1 is 1.20 bits per heavy atom. The third-order valence-electron chi connectivity index (χ3n) is 5.35. The number of hydrogen-bond donors (Lipinski definition) is 1. The molecule has 4 rings (SSSR count). The van der Waals surface area contributed by atoms with Crippen LogP contribution in [0.4, 0.5) is 14.9 Å². The van der Waals surface area contributed by atoms with Crippen molar-refractivity contribution < 1.29 is 27.7 Å². The van der Waals surface area contributed by atoms with E-state index in [1.54, 1.807) is 11.0 Å². The van der Waals surface area contributed by atoms with Gasteiger partial charge < -0.3 is 14.4 Å². The number of amides is 2. The lowest BCUT2D eigenvalue weighted by atomic mass is 10.1. The van der Waals surface area contributed by atoms with Crippen LogP contribution in [-0.4, -0.2) is 46.3 Å². The molecule has 2 aliphatic heterocycles. The minimum atomic E-state index is -1.90. The molecule has 8 nitrogen and oxygen atoms in total. The van der Waals surface area contributed by atoms with Crippen molar-refractivity contribution in [2.45, 2.75) is 39.4 Å². The van der Waals surface area contributed by atoms with E-state index in [1.807, 2.05) is 57.2 Å². The molecule has 0 aromatic heterocycles. The van der Waals surface area contributed by atoms with Gasteiger partial charge in [-0.2, -0.15) is 0 Å². The van der Waals surface area contributed by atoms with Gasteiger partial charge in [0.15, 0.2) is 5.82 Å². The van der Waals surface area contributed by atoms with Crippen LogP contribution in [0.3, 0.4) is 0 Å². The number of likely N-dealkylation sites (tertiary alicyclic amines) is 1. The Morgan fingerprint density at radius 2 is 1.94 bits per heavy atom. The fourth-order valence-corrected chi connectivity index (χ4v) is 4.76. The number of ether oxygens (including phenoxy) is 2. The topological polar surface area (TPSA) is 88.2 Å².